The largest absolute Gasteiger partial charge is 0.349 e. The fourth-order valence-electron chi connectivity index (χ4n) is 4.43. The quantitative estimate of drug-likeness (QED) is 0.400. The van der Waals surface area contributed by atoms with E-state index in [9.17, 15) is 0 Å². The summed E-state index contributed by atoms with van der Waals surface area (Å²) in [6.07, 6.45) is 6.22. The Labute approximate surface area is 189 Å². The van der Waals surface area contributed by atoms with Crippen LogP contribution in [0, 0.1) is 0 Å². The molecular formula is C28H26N4. The number of benzene rings is 3. The predicted molar refractivity (Wildman–Crippen MR) is 132 cm³/mol. The van der Waals surface area contributed by atoms with Crippen LogP contribution in [0.25, 0.3) is 6.08 Å². The van der Waals surface area contributed by atoms with Gasteiger partial charge in [-0.1, -0.05) is 91.0 Å². The highest BCUT2D eigenvalue weighted by atomic mass is 15.3. The Hall–Kier alpha value is -3.92. The van der Waals surface area contributed by atoms with Gasteiger partial charge in [0.25, 0.3) is 0 Å². The second-order valence-electron chi connectivity index (χ2n) is 8.06. The fraction of sp³-hybridized carbons (Fsp3) is 0.143. The molecule has 1 atom stereocenters. The normalized spacial score (nSPS) is 13.6. The van der Waals surface area contributed by atoms with Crippen LogP contribution in [0.5, 0.6) is 0 Å². The van der Waals surface area contributed by atoms with Crippen LogP contribution in [0.3, 0.4) is 0 Å². The lowest BCUT2D eigenvalue weighted by molar-refractivity contribution is 0.584. The zero-order valence-electron chi connectivity index (χ0n) is 18.1. The van der Waals surface area contributed by atoms with Gasteiger partial charge in [0.1, 0.15) is 5.82 Å². The van der Waals surface area contributed by atoms with Gasteiger partial charge in [0.05, 0.1) is 0 Å². The minimum absolute atomic E-state index is 0.197. The van der Waals surface area contributed by atoms with Crippen LogP contribution >= 0.6 is 0 Å². The van der Waals surface area contributed by atoms with Crippen molar-refractivity contribution in [3.05, 3.63) is 120 Å². The number of fused-ring (bicyclic) bond motifs is 1. The summed E-state index contributed by atoms with van der Waals surface area (Å²) in [6.45, 7) is 3.10. The van der Waals surface area contributed by atoms with Gasteiger partial charge in [0.15, 0.2) is 0 Å². The molecule has 1 aliphatic heterocycles. The van der Waals surface area contributed by atoms with Crippen LogP contribution in [-0.4, -0.2) is 22.6 Å². The first-order valence-electron chi connectivity index (χ1n) is 11.0. The lowest BCUT2D eigenvalue weighted by atomic mass is 9.84. The summed E-state index contributed by atoms with van der Waals surface area (Å²) in [5, 5.41) is 3.33. The molecule has 1 unspecified atom stereocenters. The second kappa shape index (κ2) is 9.06. The number of hydrogen-bond acceptors (Lipinski definition) is 4. The molecule has 0 spiro atoms. The van der Waals surface area contributed by atoms with E-state index in [2.05, 4.69) is 94.9 Å². The Kier molecular flexibility index (Phi) is 5.67. The Balaban J connectivity index is 1.51. The summed E-state index contributed by atoms with van der Waals surface area (Å²) < 4.78 is 0. The zero-order valence-corrected chi connectivity index (χ0v) is 18.1. The fourth-order valence-corrected chi connectivity index (χ4v) is 4.43. The number of para-hydroxylation sites is 1. The standard InChI is InChI=1S/C28H26N4/c1-21(26(22-12-5-2-6-13-22)23-14-7-3-8-15-23)32-19-11-16-24-20-29-28(31-27(24)32)30-25-17-9-4-10-18-25/h2-18,20-21,26H,19H2,1H3,(H,29,30,31). The van der Waals surface area contributed by atoms with Gasteiger partial charge in [-0.2, -0.15) is 4.98 Å². The van der Waals surface area contributed by atoms with Crippen molar-refractivity contribution in [1.82, 2.24) is 9.97 Å². The Morgan fingerprint density at radius 3 is 2.03 bits per heavy atom. The molecular weight excluding hydrogens is 392 g/mol. The molecule has 0 fully saturated rings. The molecule has 0 amide bonds. The van der Waals surface area contributed by atoms with Crippen LogP contribution in [0.15, 0.2) is 103 Å². The highest BCUT2D eigenvalue weighted by molar-refractivity contribution is 5.70. The molecule has 3 aromatic carbocycles. The molecule has 158 valence electrons. The lowest BCUT2D eigenvalue weighted by Gasteiger charge is -2.38. The average molecular weight is 419 g/mol. The average Bonchev–Trinajstić information content (AvgIpc) is 2.86. The number of nitrogens with one attached hydrogen (secondary N) is 1. The van der Waals surface area contributed by atoms with Crippen molar-refractivity contribution in [2.45, 2.75) is 18.9 Å². The number of rotatable bonds is 6. The van der Waals surface area contributed by atoms with Gasteiger partial charge >= 0.3 is 0 Å². The maximum Gasteiger partial charge on any atom is 0.229 e. The van der Waals surface area contributed by atoms with Gasteiger partial charge in [-0.3, -0.25) is 0 Å². The van der Waals surface area contributed by atoms with Gasteiger partial charge in [-0.25, -0.2) is 4.98 Å². The number of hydrogen-bond donors (Lipinski definition) is 1. The van der Waals surface area contributed by atoms with Crippen molar-refractivity contribution in [3.63, 3.8) is 0 Å². The molecule has 32 heavy (non-hydrogen) atoms. The molecule has 0 aliphatic carbocycles. The third kappa shape index (κ3) is 4.12. The maximum absolute atomic E-state index is 4.93. The van der Waals surface area contributed by atoms with Gasteiger partial charge in [-0.05, 0) is 30.2 Å². The SMILES string of the molecule is CC(C(c1ccccc1)c1ccccc1)N1CC=Cc2cnc(Nc3ccccc3)nc21. The first-order chi connectivity index (χ1) is 15.8. The van der Waals surface area contributed by atoms with E-state index < -0.39 is 0 Å². The van der Waals surface area contributed by atoms with Crippen LogP contribution in [0.1, 0.15) is 29.5 Å². The molecule has 2 heterocycles. The minimum Gasteiger partial charge on any atom is -0.349 e. The highest BCUT2D eigenvalue weighted by Gasteiger charge is 2.29. The van der Waals surface area contributed by atoms with Gasteiger partial charge < -0.3 is 10.2 Å². The second-order valence-corrected chi connectivity index (χ2v) is 8.06. The van der Waals surface area contributed by atoms with E-state index in [0.29, 0.717) is 5.95 Å². The summed E-state index contributed by atoms with van der Waals surface area (Å²) in [4.78, 5) is 11.9. The predicted octanol–water partition coefficient (Wildman–Crippen LogP) is 6.27. The van der Waals surface area contributed by atoms with Crippen molar-refractivity contribution >= 4 is 23.5 Å². The van der Waals surface area contributed by atoms with E-state index in [1.807, 2.05) is 36.5 Å². The first-order valence-corrected chi connectivity index (χ1v) is 11.0. The van der Waals surface area contributed by atoms with E-state index in [4.69, 9.17) is 4.98 Å². The summed E-state index contributed by atoms with van der Waals surface area (Å²) in [6, 6.07) is 31.7. The lowest BCUT2D eigenvalue weighted by Crippen LogP contribution is -2.40. The smallest absolute Gasteiger partial charge is 0.229 e. The van der Waals surface area contributed by atoms with E-state index in [0.717, 1.165) is 23.6 Å². The highest BCUT2D eigenvalue weighted by Crippen LogP contribution is 2.35. The Morgan fingerprint density at radius 1 is 0.812 bits per heavy atom. The summed E-state index contributed by atoms with van der Waals surface area (Å²) >= 11 is 0. The van der Waals surface area contributed by atoms with E-state index >= 15 is 0 Å². The molecule has 5 rings (SSSR count). The summed E-state index contributed by atoms with van der Waals surface area (Å²) in [7, 11) is 0. The first kappa shape index (κ1) is 20.0. The Bertz CT molecular complexity index is 1150. The molecule has 4 aromatic rings. The topological polar surface area (TPSA) is 41.1 Å². The molecule has 0 saturated heterocycles. The number of aromatic nitrogens is 2. The monoisotopic (exact) mass is 418 g/mol. The molecule has 1 aromatic heterocycles. The van der Waals surface area contributed by atoms with Crippen molar-refractivity contribution in [1.29, 1.82) is 0 Å². The third-order valence-electron chi connectivity index (χ3n) is 5.99. The molecule has 0 bridgehead atoms. The summed E-state index contributed by atoms with van der Waals surface area (Å²) in [5.41, 5.74) is 4.63. The third-order valence-corrected chi connectivity index (χ3v) is 5.99. The zero-order chi connectivity index (χ0) is 21.8. The van der Waals surface area contributed by atoms with Crippen molar-refractivity contribution in [2.75, 3.05) is 16.8 Å². The van der Waals surface area contributed by atoms with Gasteiger partial charge in [-0.15, -0.1) is 0 Å². The van der Waals surface area contributed by atoms with Crippen LogP contribution < -0.4 is 10.2 Å². The van der Waals surface area contributed by atoms with Crippen molar-refractivity contribution in [2.24, 2.45) is 0 Å². The number of nitrogens with zero attached hydrogens (tertiary/aromatic N) is 3. The van der Waals surface area contributed by atoms with Gasteiger partial charge in [0, 0.05) is 36.0 Å². The van der Waals surface area contributed by atoms with Gasteiger partial charge in [0.2, 0.25) is 5.95 Å². The van der Waals surface area contributed by atoms with Crippen LogP contribution in [0.4, 0.5) is 17.5 Å². The van der Waals surface area contributed by atoms with E-state index in [-0.39, 0.29) is 12.0 Å². The van der Waals surface area contributed by atoms with E-state index in [1.165, 1.54) is 11.1 Å². The van der Waals surface area contributed by atoms with Crippen molar-refractivity contribution in [3.8, 4) is 0 Å². The number of anilines is 3. The molecule has 1 aliphatic rings. The van der Waals surface area contributed by atoms with E-state index in [1.54, 1.807) is 0 Å². The Morgan fingerprint density at radius 2 is 1.41 bits per heavy atom. The molecule has 0 radical (unpaired) electrons. The van der Waals surface area contributed by atoms with Crippen LogP contribution in [0.2, 0.25) is 0 Å². The molecule has 1 N–H and O–H groups in total. The maximum atomic E-state index is 4.93. The summed E-state index contributed by atoms with van der Waals surface area (Å²) in [5.74, 6) is 1.79. The van der Waals surface area contributed by atoms with Crippen LogP contribution in [-0.2, 0) is 0 Å². The minimum atomic E-state index is 0.197. The molecule has 4 heteroatoms. The molecule has 0 saturated carbocycles. The van der Waals surface area contributed by atoms with Crippen molar-refractivity contribution < 1.29 is 0 Å². The molecule has 4 nitrogen and oxygen atoms in total.